The van der Waals surface area contributed by atoms with Crippen molar-refractivity contribution in [3.05, 3.63) is 141 Å². The van der Waals surface area contributed by atoms with E-state index in [0.717, 1.165) is 0 Å². The van der Waals surface area contributed by atoms with Gasteiger partial charge in [-0.15, -0.1) is 0 Å². The van der Waals surface area contributed by atoms with Gasteiger partial charge in [-0.2, -0.15) is 0 Å². The molecule has 0 atom stereocenters. The van der Waals surface area contributed by atoms with Crippen LogP contribution in [-0.4, -0.2) is 36.0 Å². The summed E-state index contributed by atoms with van der Waals surface area (Å²) in [6, 6.07) is 32.4. The predicted molar refractivity (Wildman–Crippen MR) is 200 cm³/mol. The van der Waals surface area contributed by atoms with Crippen LogP contribution in [0.15, 0.2) is 84.9 Å². The van der Waals surface area contributed by atoms with Gasteiger partial charge in [0.2, 0.25) is 0 Å². The zero-order chi connectivity index (χ0) is 33.1. The van der Waals surface area contributed by atoms with Crippen molar-refractivity contribution in [2.75, 3.05) is 26.2 Å². The molecule has 2 fully saturated rings. The Bertz CT molecular complexity index is 1330. The van der Waals surface area contributed by atoms with E-state index in [1.54, 1.807) is 0 Å². The van der Waals surface area contributed by atoms with Crippen LogP contribution in [0.1, 0.15) is 120 Å². The number of hydrogen-bond donors (Lipinski definition) is 0. The Balaban J connectivity index is 0.000000199. The van der Waals surface area contributed by atoms with Crippen LogP contribution in [0.25, 0.3) is 0 Å². The van der Waals surface area contributed by atoms with E-state index < -0.39 is 0 Å². The fourth-order valence-corrected chi connectivity index (χ4v) is 7.49. The molecular formula is C44H60N2. The molecule has 2 aliphatic heterocycles. The summed E-state index contributed by atoms with van der Waals surface area (Å²) in [6.45, 7) is 22.3. The number of aryl methyl sites for hydroxylation is 6. The van der Waals surface area contributed by atoms with Gasteiger partial charge in [-0.3, -0.25) is 9.80 Å². The molecule has 2 aliphatic rings. The van der Waals surface area contributed by atoms with Crippen LogP contribution in [0, 0.1) is 41.5 Å². The van der Waals surface area contributed by atoms with Crippen molar-refractivity contribution >= 4 is 0 Å². The molecule has 0 radical (unpaired) electrons. The predicted octanol–water partition coefficient (Wildman–Crippen LogP) is 11.4. The van der Waals surface area contributed by atoms with Crippen LogP contribution in [0.4, 0.5) is 0 Å². The Labute approximate surface area is 281 Å². The molecular weight excluding hydrogens is 556 g/mol. The first kappa shape index (κ1) is 35.7. The zero-order valence-corrected chi connectivity index (χ0v) is 30.2. The van der Waals surface area contributed by atoms with Crippen LogP contribution in [0.2, 0.25) is 0 Å². The highest BCUT2D eigenvalue weighted by atomic mass is 15.2. The highest BCUT2D eigenvalue weighted by molar-refractivity contribution is 5.47. The van der Waals surface area contributed by atoms with Crippen molar-refractivity contribution in [3.8, 4) is 0 Å². The first-order valence-electron chi connectivity index (χ1n) is 18.1. The van der Waals surface area contributed by atoms with E-state index in [1.807, 2.05) is 13.8 Å². The lowest BCUT2D eigenvalue weighted by molar-refractivity contribution is 0.185. The molecule has 0 aliphatic carbocycles. The molecule has 2 heterocycles. The van der Waals surface area contributed by atoms with E-state index in [1.165, 1.54) is 120 Å². The molecule has 2 heteroatoms. The molecule has 0 spiro atoms. The highest BCUT2D eigenvalue weighted by Crippen LogP contribution is 2.38. The molecule has 0 aromatic heterocycles. The molecule has 2 saturated heterocycles. The van der Waals surface area contributed by atoms with Crippen LogP contribution in [-0.2, 0) is 0 Å². The highest BCUT2D eigenvalue weighted by Gasteiger charge is 2.28. The Kier molecular flexibility index (Phi) is 13.7. The minimum atomic E-state index is 0.401. The van der Waals surface area contributed by atoms with Crippen LogP contribution in [0.5, 0.6) is 0 Å². The van der Waals surface area contributed by atoms with Gasteiger partial charge in [-0.25, -0.2) is 0 Å². The van der Waals surface area contributed by atoms with Gasteiger partial charge < -0.3 is 0 Å². The van der Waals surface area contributed by atoms with Gasteiger partial charge in [0.05, 0.1) is 12.1 Å². The van der Waals surface area contributed by atoms with E-state index >= 15 is 0 Å². The van der Waals surface area contributed by atoms with Gasteiger partial charge in [-0.05, 0) is 138 Å². The summed E-state index contributed by atoms with van der Waals surface area (Å²) in [5.41, 5.74) is 14.2. The number of piperidine rings is 2. The first-order chi connectivity index (χ1) is 22.3. The Morgan fingerprint density at radius 2 is 0.696 bits per heavy atom. The molecule has 4 aromatic carbocycles. The van der Waals surface area contributed by atoms with E-state index in [9.17, 15) is 0 Å². The van der Waals surface area contributed by atoms with Crippen molar-refractivity contribution in [2.24, 2.45) is 0 Å². The van der Waals surface area contributed by atoms with Crippen molar-refractivity contribution in [1.29, 1.82) is 0 Å². The lowest BCUT2D eigenvalue weighted by Crippen LogP contribution is -2.35. The maximum Gasteiger partial charge on any atom is 0.0612 e. The topological polar surface area (TPSA) is 6.48 Å². The van der Waals surface area contributed by atoms with Crippen molar-refractivity contribution in [2.45, 2.75) is 106 Å². The minimum absolute atomic E-state index is 0.401. The average Bonchev–Trinajstić information content (AvgIpc) is 3.08. The Morgan fingerprint density at radius 3 is 1.02 bits per heavy atom. The third-order valence-corrected chi connectivity index (χ3v) is 9.93. The molecule has 246 valence electrons. The molecule has 6 rings (SSSR count). The molecule has 4 aromatic rings. The van der Waals surface area contributed by atoms with E-state index in [-0.39, 0.29) is 0 Å². The standard InChI is InChI=1S/C22H29N.C20H25N.C2H6/c1-16-10-8-11-17(2)20(16)22(23-14-6-5-7-15-23)21-18(3)12-9-13-19(21)4;1-16-6-10-18(11-7-16)20(21-14-4-3-5-15-21)19-12-8-17(2)9-13-19;1-2/h8-13,22H,5-7,14-15H2,1-4H3;6-13,20H,3-5,14-15H2,1-2H3;1-2H3. The fraction of sp³-hybridized carbons (Fsp3) is 0.455. The zero-order valence-electron chi connectivity index (χ0n) is 30.2. The van der Waals surface area contributed by atoms with Crippen molar-refractivity contribution in [3.63, 3.8) is 0 Å². The first-order valence-corrected chi connectivity index (χ1v) is 18.1. The second kappa shape index (κ2) is 17.6. The molecule has 46 heavy (non-hydrogen) atoms. The number of hydrogen-bond acceptors (Lipinski definition) is 2. The Hall–Kier alpha value is -3.20. The van der Waals surface area contributed by atoms with E-state index in [4.69, 9.17) is 0 Å². The molecule has 0 saturated carbocycles. The number of likely N-dealkylation sites (tertiary alicyclic amines) is 2. The molecule has 0 bridgehead atoms. The molecule has 0 N–H and O–H groups in total. The summed E-state index contributed by atoms with van der Waals surface area (Å²) >= 11 is 0. The summed E-state index contributed by atoms with van der Waals surface area (Å²) < 4.78 is 0. The van der Waals surface area contributed by atoms with Gasteiger partial charge in [0, 0.05) is 0 Å². The number of benzene rings is 4. The second-order valence-corrected chi connectivity index (χ2v) is 13.4. The summed E-state index contributed by atoms with van der Waals surface area (Å²) in [6.07, 6.45) is 8.06. The van der Waals surface area contributed by atoms with Gasteiger partial charge in [0.15, 0.2) is 0 Å². The maximum absolute atomic E-state index is 2.72. The second-order valence-electron chi connectivity index (χ2n) is 13.4. The van der Waals surface area contributed by atoms with Crippen LogP contribution in [0.3, 0.4) is 0 Å². The smallest absolute Gasteiger partial charge is 0.0612 e. The van der Waals surface area contributed by atoms with Crippen molar-refractivity contribution < 1.29 is 0 Å². The van der Waals surface area contributed by atoms with E-state index in [0.29, 0.717) is 12.1 Å². The normalized spacial score (nSPS) is 15.6. The van der Waals surface area contributed by atoms with E-state index in [2.05, 4.69) is 136 Å². The third-order valence-electron chi connectivity index (χ3n) is 9.93. The van der Waals surface area contributed by atoms with Gasteiger partial charge in [-0.1, -0.05) is 123 Å². The fourth-order valence-electron chi connectivity index (χ4n) is 7.49. The summed E-state index contributed by atoms with van der Waals surface area (Å²) in [7, 11) is 0. The van der Waals surface area contributed by atoms with Crippen molar-refractivity contribution in [1.82, 2.24) is 9.80 Å². The average molecular weight is 617 g/mol. The maximum atomic E-state index is 2.72. The van der Waals surface area contributed by atoms with Crippen LogP contribution < -0.4 is 0 Å². The van der Waals surface area contributed by atoms with Gasteiger partial charge >= 0.3 is 0 Å². The summed E-state index contributed by atoms with van der Waals surface area (Å²) in [5, 5.41) is 0. The number of nitrogens with zero attached hydrogens (tertiary/aromatic N) is 2. The lowest BCUT2D eigenvalue weighted by atomic mass is 9.85. The lowest BCUT2D eigenvalue weighted by Gasteiger charge is -2.38. The quantitative estimate of drug-likeness (QED) is 0.213. The molecule has 0 unspecified atom stereocenters. The summed E-state index contributed by atoms with van der Waals surface area (Å²) in [5.74, 6) is 0. The summed E-state index contributed by atoms with van der Waals surface area (Å²) in [4.78, 5) is 5.37. The number of rotatable bonds is 6. The molecule has 0 amide bonds. The Morgan fingerprint density at radius 1 is 0.391 bits per heavy atom. The molecule has 2 nitrogen and oxygen atoms in total. The van der Waals surface area contributed by atoms with Gasteiger partial charge in [0.25, 0.3) is 0 Å². The largest absolute Gasteiger partial charge is 0.292 e. The SMILES string of the molecule is CC.Cc1ccc(C(c2ccc(C)cc2)N2CCCCC2)cc1.Cc1cccc(C)c1C(c1c(C)cccc1C)N1CCCCC1. The van der Waals surface area contributed by atoms with Crippen LogP contribution >= 0.6 is 0 Å². The van der Waals surface area contributed by atoms with Gasteiger partial charge in [0.1, 0.15) is 0 Å². The monoisotopic (exact) mass is 616 g/mol. The third kappa shape index (κ3) is 8.99. The minimum Gasteiger partial charge on any atom is -0.292 e.